The number of nitrogens with zero attached hydrogens (tertiary/aromatic N) is 1. The van der Waals surface area contributed by atoms with Crippen LogP contribution in [-0.4, -0.2) is 37.1 Å². The number of carbonyl (C=O) groups is 1. The second-order valence-corrected chi connectivity index (χ2v) is 5.62. The Morgan fingerprint density at radius 2 is 2.00 bits per heavy atom. The molecule has 0 atom stereocenters. The van der Waals surface area contributed by atoms with Gasteiger partial charge in [-0.15, -0.1) is 0 Å². The number of piperidine rings is 1. The van der Waals surface area contributed by atoms with Crippen LogP contribution in [0.5, 0.6) is 11.5 Å². The first kappa shape index (κ1) is 13.4. The Kier molecular flexibility index (Phi) is 3.92. The standard InChI is InChI=1S/C16H21NO3/c1-2-12-5-7-17(8-6-12)10-14(18)13-3-4-15-16(9-13)20-11-19-15/h3-4,9,12H,2,5-8,10-11H2,1H3. The van der Waals surface area contributed by atoms with Gasteiger partial charge in [0.25, 0.3) is 0 Å². The molecule has 3 rings (SSSR count). The van der Waals surface area contributed by atoms with Crippen LogP contribution >= 0.6 is 0 Å². The van der Waals surface area contributed by atoms with Gasteiger partial charge in [-0.25, -0.2) is 0 Å². The molecule has 1 aromatic carbocycles. The van der Waals surface area contributed by atoms with Crippen molar-refractivity contribution in [2.45, 2.75) is 26.2 Å². The number of carbonyl (C=O) groups excluding carboxylic acids is 1. The summed E-state index contributed by atoms with van der Waals surface area (Å²) >= 11 is 0. The fourth-order valence-corrected chi connectivity index (χ4v) is 2.92. The summed E-state index contributed by atoms with van der Waals surface area (Å²) in [4.78, 5) is 14.6. The third-order valence-corrected chi connectivity index (χ3v) is 4.35. The summed E-state index contributed by atoms with van der Waals surface area (Å²) in [6, 6.07) is 5.44. The molecular formula is C16H21NO3. The Morgan fingerprint density at radius 3 is 2.75 bits per heavy atom. The van der Waals surface area contributed by atoms with E-state index in [1.165, 1.54) is 19.3 Å². The van der Waals surface area contributed by atoms with Gasteiger partial charge in [-0.1, -0.05) is 13.3 Å². The van der Waals surface area contributed by atoms with Crippen molar-refractivity contribution in [2.24, 2.45) is 5.92 Å². The minimum atomic E-state index is 0.165. The van der Waals surface area contributed by atoms with E-state index in [1.54, 1.807) is 6.07 Å². The van der Waals surface area contributed by atoms with Crippen LogP contribution in [0.4, 0.5) is 0 Å². The summed E-state index contributed by atoms with van der Waals surface area (Å²) in [5.74, 6) is 2.41. The van der Waals surface area contributed by atoms with E-state index in [2.05, 4.69) is 11.8 Å². The monoisotopic (exact) mass is 275 g/mol. The van der Waals surface area contributed by atoms with Gasteiger partial charge in [0.15, 0.2) is 17.3 Å². The van der Waals surface area contributed by atoms with Crippen molar-refractivity contribution in [3.8, 4) is 11.5 Å². The molecule has 1 saturated heterocycles. The Balaban J connectivity index is 1.59. The zero-order valence-corrected chi connectivity index (χ0v) is 11.9. The lowest BCUT2D eigenvalue weighted by molar-refractivity contribution is 0.0894. The third kappa shape index (κ3) is 2.80. The number of fused-ring (bicyclic) bond motifs is 1. The summed E-state index contributed by atoms with van der Waals surface area (Å²) in [5, 5.41) is 0. The van der Waals surface area contributed by atoms with Crippen LogP contribution < -0.4 is 9.47 Å². The van der Waals surface area contributed by atoms with Gasteiger partial charge >= 0.3 is 0 Å². The lowest BCUT2D eigenvalue weighted by Gasteiger charge is -2.30. The average Bonchev–Trinajstić information content (AvgIpc) is 2.95. The maximum absolute atomic E-state index is 12.3. The molecule has 0 bridgehead atoms. The third-order valence-electron chi connectivity index (χ3n) is 4.35. The number of Topliss-reactive ketones (excluding diaryl/α,β-unsaturated/α-hetero) is 1. The van der Waals surface area contributed by atoms with E-state index < -0.39 is 0 Å². The van der Waals surface area contributed by atoms with Gasteiger partial charge in [-0.05, 0) is 50.0 Å². The summed E-state index contributed by atoms with van der Waals surface area (Å²) < 4.78 is 10.6. The number of ketones is 1. The van der Waals surface area contributed by atoms with Crippen molar-refractivity contribution in [1.29, 1.82) is 0 Å². The first-order valence-corrected chi connectivity index (χ1v) is 7.41. The molecule has 1 aromatic rings. The van der Waals surface area contributed by atoms with E-state index in [0.717, 1.165) is 24.8 Å². The van der Waals surface area contributed by atoms with Crippen LogP contribution in [-0.2, 0) is 0 Å². The molecule has 1 fully saturated rings. The Morgan fingerprint density at radius 1 is 1.25 bits per heavy atom. The zero-order chi connectivity index (χ0) is 13.9. The van der Waals surface area contributed by atoms with Crippen LogP contribution in [0.2, 0.25) is 0 Å². The van der Waals surface area contributed by atoms with Gasteiger partial charge in [0.1, 0.15) is 0 Å². The van der Waals surface area contributed by atoms with Gasteiger partial charge in [0, 0.05) is 5.56 Å². The number of hydrogen-bond donors (Lipinski definition) is 0. The molecule has 4 nitrogen and oxygen atoms in total. The molecule has 0 saturated carbocycles. The van der Waals surface area contributed by atoms with Crippen molar-refractivity contribution in [3.63, 3.8) is 0 Å². The normalized spacial score (nSPS) is 19.2. The molecule has 0 N–H and O–H groups in total. The molecule has 0 aliphatic carbocycles. The molecule has 20 heavy (non-hydrogen) atoms. The maximum Gasteiger partial charge on any atom is 0.231 e. The van der Waals surface area contributed by atoms with Crippen LogP contribution in [0.25, 0.3) is 0 Å². The number of benzene rings is 1. The van der Waals surface area contributed by atoms with E-state index in [1.807, 2.05) is 12.1 Å². The largest absolute Gasteiger partial charge is 0.454 e. The van der Waals surface area contributed by atoms with Crippen LogP contribution in [0.3, 0.4) is 0 Å². The molecule has 0 unspecified atom stereocenters. The quantitative estimate of drug-likeness (QED) is 0.792. The van der Waals surface area contributed by atoms with Gasteiger partial charge in [0.2, 0.25) is 6.79 Å². The van der Waals surface area contributed by atoms with Crippen LogP contribution in [0, 0.1) is 5.92 Å². The van der Waals surface area contributed by atoms with Gasteiger partial charge < -0.3 is 9.47 Å². The van der Waals surface area contributed by atoms with Gasteiger partial charge in [-0.3, -0.25) is 9.69 Å². The molecule has 2 aliphatic rings. The minimum Gasteiger partial charge on any atom is -0.454 e. The molecule has 0 aromatic heterocycles. The Labute approximate surface area is 119 Å². The Bertz CT molecular complexity index is 492. The van der Waals surface area contributed by atoms with E-state index in [9.17, 15) is 4.79 Å². The SMILES string of the molecule is CCC1CCN(CC(=O)c2ccc3c(c2)OCO3)CC1. The second-order valence-electron chi connectivity index (χ2n) is 5.62. The highest BCUT2D eigenvalue weighted by molar-refractivity contribution is 5.98. The molecule has 2 heterocycles. The topological polar surface area (TPSA) is 38.8 Å². The molecule has 0 radical (unpaired) electrons. The minimum absolute atomic E-state index is 0.165. The Hall–Kier alpha value is -1.55. The van der Waals surface area contributed by atoms with Crippen molar-refractivity contribution in [3.05, 3.63) is 23.8 Å². The fraction of sp³-hybridized carbons (Fsp3) is 0.562. The summed E-state index contributed by atoms with van der Waals surface area (Å²) in [6.45, 7) is 5.08. The molecule has 2 aliphatic heterocycles. The van der Waals surface area contributed by atoms with Crippen molar-refractivity contribution in [1.82, 2.24) is 4.90 Å². The molecule has 0 spiro atoms. The van der Waals surface area contributed by atoms with E-state index in [4.69, 9.17) is 9.47 Å². The van der Waals surface area contributed by atoms with Crippen molar-refractivity contribution < 1.29 is 14.3 Å². The number of likely N-dealkylation sites (tertiary alicyclic amines) is 1. The highest BCUT2D eigenvalue weighted by Gasteiger charge is 2.21. The second kappa shape index (κ2) is 5.83. The predicted molar refractivity (Wildman–Crippen MR) is 76.4 cm³/mol. The fourth-order valence-electron chi connectivity index (χ4n) is 2.92. The lowest BCUT2D eigenvalue weighted by atomic mass is 9.94. The van der Waals surface area contributed by atoms with E-state index >= 15 is 0 Å². The summed E-state index contributed by atoms with van der Waals surface area (Å²) in [5.41, 5.74) is 0.715. The summed E-state index contributed by atoms with van der Waals surface area (Å²) in [6.07, 6.45) is 3.68. The highest BCUT2D eigenvalue weighted by atomic mass is 16.7. The number of ether oxygens (including phenoxy) is 2. The zero-order valence-electron chi connectivity index (χ0n) is 11.9. The van der Waals surface area contributed by atoms with Crippen LogP contribution in [0.15, 0.2) is 18.2 Å². The van der Waals surface area contributed by atoms with E-state index in [-0.39, 0.29) is 12.6 Å². The van der Waals surface area contributed by atoms with Crippen molar-refractivity contribution in [2.75, 3.05) is 26.4 Å². The average molecular weight is 275 g/mol. The van der Waals surface area contributed by atoms with Crippen LogP contribution in [0.1, 0.15) is 36.5 Å². The molecular weight excluding hydrogens is 254 g/mol. The molecule has 0 amide bonds. The number of hydrogen-bond acceptors (Lipinski definition) is 4. The maximum atomic E-state index is 12.3. The van der Waals surface area contributed by atoms with Gasteiger partial charge in [0.05, 0.1) is 6.54 Å². The lowest BCUT2D eigenvalue weighted by Crippen LogP contribution is -2.37. The van der Waals surface area contributed by atoms with Gasteiger partial charge in [-0.2, -0.15) is 0 Å². The molecule has 108 valence electrons. The van der Waals surface area contributed by atoms with Crippen molar-refractivity contribution >= 4 is 5.78 Å². The first-order chi connectivity index (χ1) is 9.76. The predicted octanol–water partition coefficient (Wildman–Crippen LogP) is 2.72. The molecule has 4 heteroatoms. The van der Waals surface area contributed by atoms with E-state index in [0.29, 0.717) is 17.9 Å². The highest BCUT2D eigenvalue weighted by Crippen LogP contribution is 2.32. The summed E-state index contributed by atoms with van der Waals surface area (Å²) in [7, 11) is 0. The smallest absolute Gasteiger partial charge is 0.231 e. The number of rotatable bonds is 4. The first-order valence-electron chi connectivity index (χ1n) is 7.41.